The number of urea groups is 1. The molecule has 6 nitrogen and oxygen atoms in total. The molecule has 120 valence electrons. The average Bonchev–Trinajstić information content (AvgIpc) is 2.46. The van der Waals surface area contributed by atoms with E-state index in [9.17, 15) is 14.7 Å². The summed E-state index contributed by atoms with van der Waals surface area (Å²) in [5.74, 6) is 0.224. The van der Waals surface area contributed by atoms with Crippen molar-refractivity contribution in [2.24, 2.45) is 5.92 Å². The Morgan fingerprint density at radius 3 is 2.05 bits per heavy atom. The van der Waals surface area contributed by atoms with Gasteiger partial charge in [0.15, 0.2) is 0 Å². The van der Waals surface area contributed by atoms with Gasteiger partial charge in [0.1, 0.15) is 0 Å². The molecule has 2 rings (SSSR count). The Hall–Kier alpha value is -1.30. The molecule has 2 saturated heterocycles. The summed E-state index contributed by atoms with van der Waals surface area (Å²) in [5.41, 5.74) is -0.627. The summed E-state index contributed by atoms with van der Waals surface area (Å²) in [4.78, 5) is 29.7. The van der Waals surface area contributed by atoms with E-state index in [1.165, 1.54) is 0 Å². The molecule has 21 heavy (non-hydrogen) atoms. The van der Waals surface area contributed by atoms with Crippen molar-refractivity contribution in [3.05, 3.63) is 0 Å². The lowest BCUT2D eigenvalue weighted by atomic mass is 9.90. The first-order chi connectivity index (χ1) is 9.80. The molecule has 0 aromatic rings. The van der Waals surface area contributed by atoms with Crippen LogP contribution < -0.4 is 0 Å². The Labute approximate surface area is 126 Å². The van der Waals surface area contributed by atoms with Crippen LogP contribution in [0.15, 0.2) is 0 Å². The first-order valence-electron chi connectivity index (χ1n) is 7.77. The molecule has 0 aliphatic carbocycles. The highest BCUT2D eigenvalue weighted by atomic mass is 16.3. The summed E-state index contributed by atoms with van der Waals surface area (Å²) < 4.78 is 0. The fourth-order valence-corrected chi connectivity index (χ4v) is 3.07. The van der Waals surface area contributed by atoms with Gasteiger partial charge in [-0.3, -0.25) is 4.79 Å². The zero-order valence-electron chi connectivity index (χ0n) is 13.3. The zero-order chi connectivity index (χ0) is 15.6. The lowest BCUT2D eigenvalue weighted by molar-refractivity contribution is -0.140. The van der Waals surface area contributed by atoms with Crippen molar-refractivity contribution in [2.45, 2.75) is 38.2 Å². The van der Waals surface area contributed by atoms with Crippen LogP contribution in [0, 0.1) is 5.92 Å². The molecule has 2 aliphatic heterocycles. The Kier molecular flexibility index (Phi) is 4.76. The van der Waals surface area contributed by atoms with E-state index in [-0.39, 0.29) is 17.9 Å². The Balaban J connectivity index is 1.82. The van der Waals surface area contributed by atoms with Crippen LogP contribution in [0.4, 0.5) is 4.79 Å². The highest BCUT2D eigenvalue weighted by molar-refractivity contribution is 5.80. The molecule has 6 heteroatoms. The number of carbonyl (C=O) groups excluding carboxylic acids is 2. The van der Waals surface area contributed by atoms with E-state index in [1.807, 2.05) is 16.7 Å². The van der Waals surface area contributed by atoms with Gasteiger partial charge < -0.3 is 19.8 Å². The second-order valence-corrected chi connectivity index (χ2v) is 6.76. The number of rotatable bonds is 1. The minimum atomic E-state index is -0.627. The fourth-order valence-electron chi connectivity index (χ4n) is 3.07. The molecule has 3 amide bonds. The Morgan fingerprint density at radius 2 is 1.57 bits per heavy atom. The summed E-state index contributed by atoms with van der Waals surface area (Å²) in [6.07, 6.45) is 2.78. The van der Waals surface area contributed by atoms with Crippen LogP contribution in [-0.4, -0.2) is 77.6 Å². The number of amides is 3. The Morgan fingerprint density at radius 1 is 1.05 bits per heavy atom. The maximum absolute atomic E-state index is 12.5. The van der Waals surface area contributed by atoms with E-state index in [0.717, 1.165) is 12.8 Å². The van der Waals surface area contributed by atoms with Gasteiger partial charge in [-0.15, -0.1) is 0 Å². The predicted octanol–water partition coefficient (Wildman–Crippen LogP) is 0.753. The number of hydrogen-bond acceptors (Lipinski definition) is 3. The van der Waals surface area contributed by atoms with Gasteiger partial charge >= 0.3 is 6.03 Å². The van der Waals surface area contributed by atoms with E-state index >= 15 is 0 Å². The molecule has 2 heterocycles. The largest absolute Gasteiger partial charge is 0.390 e. The van der Waals surface area contributed by atoms with Gasteiger partial charge in [-0.25, -0.2) is 4.79 Å². The molecule has 0 atom stereocenters. The lowest BCUT2D eigenvalue weighted by Crippen LogP contribution is -2.50. The number of nitrogens with zero attached hydrogens (tertiary/aromatic N) is 3. The van der Waals surface area contributed by atoms with Crippen LogP contribution in [0.25, 0.3) is 0 Å². The molecule has 1 N–H and O–H groups in total. The molecule has 0 radical (unpaired) electrons. The molecule has 0 bridgehead atoms. The first kappa shape index (κ1) is 16.1. The van der Waals surface area contributed by atoms with Gasteiger partial charge in [-0.05, 0) is 32.6 Å². The topological polar surface area (TPSA) is 64.1 Å². The smallest absolute Gasteiger partial charge is 0.319 e. The molecule has 0 saturated carbocycles. The SMILES string of the molecule is CN(C)C(=O)N1CCC(C(=O)N2CCC(C)(O)CC2)CC1. The number of hydrogen-bond donors (Lipinski definition) is 1. The second kappa shape index (κ2) is 6.22. The van der Waals surface area contributed by atoms with Gasteiger partial charge in [-0.1, -0.05) is 0 Å². The summed E-state index contributed by atoms with van der Waals surface area (Å²) in [5, 5.41) is 9.95. The average molecular weight is 297 g/mol. The molecule has 2 fully saturated rings. The zero-order valence-corrected chi connectivity index (χ0v) is 13.3. The molecule has 0 unspecified atom stereocenters. The monoisotopic (exact) mass is 297 g/mol. The van der Waals surface area contributed by atoms with E-state index < -0.39 is 5.60 Å². The van der Waals surface area contributed by atoms with Gasteiger partial charge in [0.05, 0.1) is 5.60 Å². The van der Waals surface area contributed by atoms with Crippen LogP contribution in [0.2, 0.25) is 0 Å². The molecule has 2 aliphatic rings. The van der Waals surface area contributed by atoms with Crippen LogP contribution in [0.5, 0.6) is 0 Å². The number of likely N-dealkylation sites (tertiary alicyclic amines) is 2. The van der Waals surface area contributed by atoms with Crippen LogP contribution in [-0.2, 0) is 4.79 Å². The summed E-state index contributed by atoms with van der Waals surface area (Å²) in [6.45, 7) is 4.42. The van der Waals surface area contributed by atoms with Gasteiger partial charge in [0.2, 0.25) is 5.91 Å². The third-order valence-electron chi connectivity index (χ3n) is 4.65. The minimum absolute atomic E-state index is 0.0231. The van der Waals surface area contributed by atoms with E-state index in [2.05, 4.69) is 0 Å². The molecule has 0 aromatic carbocycles. The third kappa shape index (κ3) is 3.87. The molecule has 0 aromatic heterocycles. The second-order valence-electron chi connectivity index (χ2n) is 6.76. The number of aliphatic hydroxyl groups is 1. The standard InChI is InChI=1S/C15H27N3O3/c1-15(21)6-10-17(11-7-15)13(19)12-4-8-18(9-5-12)14(20)16(2)3/h12,21H,4-11H2,1-3H3. The van der Waals surface area contributed by atoms with Crippen molar-refractivity contribution >= 4 is 11.9 Å². The third-order valence-corrected chi connectivity index (χ3v) is 4.65. The van der Waals surface area contributed by atoms with Crippen molar-refractivity contribution in [3.8, 4) is 0 Å². The van der Waals surface area contributed by atoms with Gasteiger partial charge in [0.25, 0.3) is 0 Å². The van der Waals surface area contributed by atoms with E-state index in [1.54, 1.807) is 19.0 Å². The Bertz CT molecular complexity index is 391. The highest BCUT2D eigenvalue weighted by Crippen LogP contribution is 2.25. The fraction of sp³-hybridized carbons (Fsp3) is 0.867. The summed E-state index contributed by atoms with van der Waals surface area (Å²) in [6, 6.07) is 0.0231. The van der Waals surface area contributed by atoms with Crippen LogP contribution >= 0.6 is 0 Å². The van der Waals surface area contributed by atoms with Crippen molar-refractivity contribution in [1.82, 2.24) is 14.7 Å². The van der Waals surface area contributed by atoms with Crippen molar-refractivity contribution in [3.63, 3.8) is 0 Å². The lowest BCUT2D eigenvalue weighted by Gasteiger charge is -2.39. The van der Waals surface area contributed by atoms with Crippen molar-refractivity contribution < 1.29 is 14.7 Å². The maximum Gasteiger partial charge on any atom is 0.319 e. The van der Waals surface area contributed by atoms with E-state index in [0.29, 0.717) is 39.0 Å². The van der Waals surface area contributed by atoms with Crippen LogP contribution in [0.3, 0.4) is 0 Å². The van der Waals surface area contributed by atoms with Crippen molar-refractivity contribution in [2.75, 3.05) is 40.3 Å². The maximum atomic E-state index is 12.5. The highest BCUT2D eigenvalue weighted by Gasteiger charge is 2.34. The summed E-state index contributed by atoms with van der Waals surface area (Å²) in [7, 11) is 3.50. The van der Waals surface area contributed by atoms with Gasteiger partial charge in [-0.2, -0.15) is 0 Å². The number of carbonyl (C=O) groups is 2. The minimum Gasteiger partial charge on any atom is -0.390 e. The van der Waals surface area contributed by atoms with Crippen LogP contribution in [0.1, 0.15) is 32.6 Å². The first-order valence-corrected chi connectivity index (χ1v) is 7.77. The van der Waals surface area contributed by atoms with Crippen molar-refractivity contribution in [1.29, 1.82) is 0 Å². The molecule has 0 spiro atoms. The number of piperidine rings is 2. The summed E-state index contributed by atoms with van der Waals surface area (Å²) >= 11 is 0. The molecular formula is C15H27N3O3. The normalized spacial score (nSPS) is 23.0. The predicted molar refractivity (Wildman–Crippen MR) is 79.8 cm³/mol. The quantitative estimate of drug-likeness (QED) is 0.777. The van der Waals surface area contributed by atoms with Gasteiger partial charge in [0, 0.05) is 46.2 Å². The van der Waals surface area contributed by atoms with E-state index in [4.69, 9.17) is 0 Å². The molecular weight excluding hydrogens is 270 g/mol.